The molecule has 1 amide bonds. The maximum atomic E-state index is 13.7. The van der Waals surface area contributed by atoms with Crippen LogP contribution in [0.2, 0.25) is 0 Å². The van der Waals surface area contributed by atoms with Gasteiger partial charge in [-0.2, -0.15) is 0 Å². The van der Waals surface area contributed by atoms with Crippen molar-refractivity contribution in [1.29, 1.82) is 0 Å². The molecule has 2 atom stereocenters. The number of carbonyl (C=O) groups is 1. The van der Waals surface area contributed by atoms with Crippen LogP contribution < -0.4 is 9.47 Å². The van der Waals surface area contributed by atoms with E-state index in [0.717, 1.165) is 55.6 Å². The Balaban J connectivity index is 1.35. The molecule has 5 nitrogen and oxygen atoms in total. The zero-order valence-corrected chi connectivity index (χ0v) is 16.2. The first-order valence-corrected chi connectivity index (χ1v) is 10.2. The van der Waals surface area contributed by atoms with Crippen molar-refractivity contribution in [1.82, 2.24) is 9.88 Å². The molecule has 0 radical (unpaired) electrons. The summed E-state index contributed by atoms with van der Waals surface area (Å²) in [6.45, 7) is 0. The highest BCUT2D eigenvalue weighted by Gasteiger charge is 2.58. The second-order valence-electron chi connectivity index (χ2n) is 8.28. The molecule has 2 aromatic rings. The summed E-state index contributed by atoms with van der Waals surface area (Å²) >= 11 is 0. The van der Waals surface area contributed by atoms with Crippen LogP contribution in [0.4, 0.5) is 0 Å². The first-order valence-electron chi connectivity index (χ1n) is 10.2. The summed E-state index contributed by atoms with van der Waals surface area (Å²) in [5, 5.41) is 0. The van der Waals surface area contributed by atoms with Crippen LogP contribution in [-0.2, 0) is 10.2 Å². The van der Waals surface area contributed by atoms with Crippen molar-refractivity contribution >= 4 is 5.91 Å². The summed E-state index contributed by atoms with van der Waals surface area (Å²) < 4.78 is 11.7. The van der Waals surface area contributed by atoms with E-state index in [1.54, 1.807) is 19.5 Å². The number of carbonyl (C=O) groups excluding carboxylic acids is 1. The molecule has 1 aliphatic carbocycles. The predicted octanol–water partition coefficient (Wildman–Crippen LogP) is 3.72. The van der Waals surface area contributed by atoms with Gasteiger partial charge in [-0.1, -0.05) is 18.2 Å². The van der Waals surface area contributed by atoms with Gasteiger partial charge in [0.2, 0.25) is 5.91 Å². The Morgan fingerprint density at radius 3 is 2.50 bits per heavy atom. The number of methoxy groups -OCH3 is 1. The summed E-state index contributed by atoms with van der Waals surface area (Å²) in [5.41, 5.74) is 0.667. The topological polar surface area (TPSA) is 51.7 Å². The summed E-state index contributed by atoms with van der Waals surface area (Å²) in [7, 11) is 1.68. The molecule has 0 N–H and O–H groups in total. The van der Waals surface area contributed by atoms with Crippen LogP contribution in [0.1, 0.15) is 44.1 Å². The number of hydrogen-bond donors (Lipinski definition) is 0. The fourth-order valence-corrected chi connectivity index (χ4v) is 5.17. The molecule has 5 rings (SSSR count). The normalized spacial score (nSPS) is 27.3. The smallest absolute Gasteiger partial charge is 0.233 e. The van der Waals surface area contributed by atoms with Gasteiger partial charge < -0.3 is 14.4 Å². The molecule has 5 heteroatoms. The molecule has 3 heterocycles. The average molecular weight is 378 g/mol. The van der Waals surface area contributed by atoms with Crippen molar-refractivity contribution in [3.05, 3.63) is 54.4 Å². The molecule has 1 aromatic heterocycles. The Kier molecular flexibility index (Phi) is 4.26. The monoisotopic (exact) mass is 378 g/mol. The largest absolute Gasteiger partial charge is 0.496 e. The summed E-state index contributed by atoms with van der Waals surface area (Å²) in [5.74, 6) is 1.94. The van der Waals surface area contributed by atoms with Gasteiger partial charge in [0.1, 0.15) is 17.6 Å². The fourth-order valence-electron chi connectivity index (χ4n) is 5.17. The highest BCUT2D eigenvalue weighted by molar-refractivity contribution is 5.93. The number of rotatable bonds is 5. The van der Waals surface area contributed by atoms with Gasteiger partial charge in [-0.3, -0.25) is 9.78 Å². The first-order chi connectivity index (χ1) is 13.7. The van der Waals surface area contributed by atoms with E-state index in [1.807, 2.05) is 30.3 Å². The van der Waals surface area contributed by atoms with Gasteiger partial charge in [0.25, 0.3) is 0 Å². The second-order valence-corrected chi connectivity index (χ2v) is 8.28. The maximum Gasteiger partial charge on any atom is 0.233 e. The average Bonchev–Trinajstić information content (AvgIpc) is 3.49. The fraction of sp³-hybridized carbons (Fsp3) is 0.478. The van der Waals surface area contributed by atoms with Crippen molar-refractivity contribution in [2.24, 2.45) is 0 Å². The molecular formula is C23H26N2O3. The zero-order valence-electron chi connectivity index (χ0n) is 16.2. The number of piperidine rings is 1. The van der Waals surface area contributed by atoms with Gasteiger partial charge in [0.05, 0.1) is 18.7 Å². The van der Waals surface area contributed by atoms with Gasteiger partial charge in [-0.15, -0.1) is 0 Å². The van der Waals surface area contributed by atoms with Crippen LogP contribution in [0, 0.1) is 0 Å². The highest BCUT2D eigenvalue weighted by Crippen LogP contribution is 2.54. The quantitative estimate of drug-likeness (QED) is 0.796. The molecule has 2 unspecified atom stereocenters. The molecule has 3 fully saturated rings. The van der Waals surface area contributed by atoms with Crippen molar-refractivity contribution in [2.45, 2.75) is 62.1 Å². The number of aromatic nitrogens is 1. The van der Waals surface area contributed by atoms with Gasteiger partial charge in [-0.05, 0) is 43.9 Å². The zero-order chi connectivity index (χ0) is 19.1. The summed E-state index contributed by atoms with van der Waals surface area (Å²) in [4.78, 5) is 20.0. The molecule has 0 spiro atoms. The van der Waals surface area contributed by atoms with Crippen LogP contribution in [0.15, 0.2) is 48.8 Å². The Morgan fingerprint density at radius 1 is 1.11 bits per heavy atom. The number of benzene rings is 1. The third kappa shape index (κ3) is 2.84. The molecule has 1 aromatic carbocycles. The van der Waals surface area contributed by atoms with E-state index in [2.05, 4.69) is 16.0 Å². The van der Waals surface area contributed by atoms with E-state index < -0.39 is 0 Å². The van der Waals surface area contributed by atoms with E-state index in [9.17, 15) is 4.79 Å². The minimum absolute atomic E-state index is 0.159. The predicted molar refractivity (Wildman–Crippen MR) is 105 cm³/mol. The third-order valence-corrected chi connectivity index (χ3v) is 6.64. The van der Waals surface area contributed by atoms with Crippen LogP contribution >= 0.6 is 0 Å². The van der Waals surface area contributed by atoms with Crippen molar-refractivity contribution in [3.8, 4) is 11.5 Å². The lowest BCUT2D eigenvalue weighted by atomic mass is 9.90. The van der Waals surface area contributed by atoms with E-state index in [1.165, 1.54) is 0 Å². The van der Waals surface area contributed by atoms with Gasteiger partial charge >= 0.3 is 0 Å². The third-order valence-electron chi connectivity index (χ3n) is 6.64. The Labute approximate surface area is 165 Å². The lowest BCUT2D eigenvalue weighted by Gasteiger charge is -2.41. The van der Waals surface area contributed by atoms with Crippen LogP contribution in [-0.4, -0.2) is 41.1 Å². The molecule has 1 saturated carbocycles. The number of amides is 1. The van der Waals surface area contributed by atoms with Gasteiger partial charge in [0.15, 0.2) is 0 Å². The molecule has 2 bridgehead atoms. The Bertz CT molecular complexity index is 851. The van der Waals surface area contributed by atoms with E-state index in [4.69, 9.17) is 9.47 Å². The lowest BCUT2D eigenvalue weighted by Crippen LogP contribution is -2.52. The minimum Gasteiger partial charge on any atom is -0.496 e. The van der Waals surface area contributed by atoms with Crippen LogP contribution in [0.5, 0.6) is 11.5 Å². The molecule has 28 heavy (non-hydrogen) atoms. The van der Waals surface area contributed by atoms with E-state index in [0.29, 0.717) is 5.91 Å². The van der Waals surface area contributed by atoms with Crippen molar-refractivity contribution in [3.63, 3.8) is 0 Å². The van der Waals surface area contributed by atoms with Gasteiger partial charge in [-0.25, -0.2) is 0 Å². The molecule has 2 saturated heterocycles. The minimum atomic E-state index is -0.384. The first kappa shape index (κ1) is 17.5. The van der Waals surface area contributed by atoms with Crippen molar-refractivity contribution in [2.75, 3.05) is 7.11 Å². The number of fused-ring (bicyclic) bond motifs is 2. The van der Waals surface area contributed by atoms with E-state index >= 15 is 0 Å². The SMILES string of the molecule is COc1ccccc1C1(C(=O)N2C3CCC2CC(Oc2cccnc2)C3)CC1. The van der Waals surface area contributed by atoms with Crippen LogP contribution in [0.25, 0.3) is 0 Å². The summed E-state index contributed by atoms with van der Waals surface area (Å²) in [6.07, 6.45) is 9.46. The Morgan fingerprint density at radius 2 is 1.86 bits per heavy atom. The standard InChI is InChI=1S/C23H26N2O3/c1-27-21-7-3-2-6-20(21)23(10-11-23)22(26)25-16-8-9-17(25)14-19(13-16)28-18-5-4-12-24-15-18/h2-7,12,15-17,19H,8-11,13-14H2,1H3. The summed E-state index contributed by atoms with van der Waals surface area (Å²) in [6, 6.07) is 12.4. The molecule has 3 aliphatic rings. The van der Waals surface area contributed by atoms with Crippen molar-refractivity contribution < 1.29 is 14.3 Å². The van der Waals surface area contributed by atoms with E-state index in [-0.39, 0.29) is 23.6 Å². The second kappa shape index (κ2) is 6.80. The van der Waals surface area contributed by atoms with Crippen LogP contribution in [0.3, 0.4) is 0 Å². The lowest BCUT2D eigenvalue weighted by molar-refractivity contribution is -0.140. The number of pyridine rings is 1. The Hall–Kier alpha value is -2.56. The molecule has 146 valence electrons. The number of nitrogens with zero attached hydrogens (tertiary/aromatic N) is 2. The highest BCUT2D eigenvalue weighted by atomic mass is 16.5. The number of hydrogen-bond acceptors (Lipinski definition) is 4. The number of para-hydroxylation sites is 1. The number of ether oxygens (including phenoxy) is 2. The molecular weight excluding hydrogens is 352 g/mol. The van der Waals surface area contributed by atoms with Gasteiger partial charge in [0, 0.05) is 36.7 Å². The molecule has 2 aliphatic heterocycles. The maximum absolute atomic E-state index is 13.7.